The van der Waals surface area contributed by atoms with Gasteiger partial charge >= 0.3 is 0 Å². The molecule has 3 aromatic rings. The van der Waals surface area contributed by atoms with Crippen LogP contribution in [0.1, 0.15) is 0 Å². The highest BCUT2D eigenvalue weighted by atomic mass is 32.1. The lowest BCUT2D eigenvalue weighted by molar-refractivity contribution is -0.118. The second kappa shape index (κ2) is 10.3. The summed E-state index contributed by atoms with van der Waals surface area (Å²) in [5, 5.41) is 13.8. The number of carbonyl (C=O) groups excluding carboxylic acids is 1. The first-order valence-electron chi connectivity index (χ1n) is 9.57. The highest BCUT2D eigenvalue weighted by molar-refractivity contribution is 7.04. The van der Waals surface area contributed by atoms with Crippen molar-refractivity contribution in [3.8, 4) is 45.4 Å². The van der Waals surface area contributed by atoms with Crippen molar-refractivity contribution >= 4 is 23.1 Å². The number of nitrogens with two attached hydrogens (primary N) is 1. The molecule has 0 bridgehead atoms. The molecule has 2 aromatic carbocycles. The Balaban J connectivity index is 2.07. The molecule has 3 rings (SSSR count). The Hall–Kier alpha value is -3.34. The minimum Gasteiger partial charge on any atom is -0.495 e. The Morgan fingerprint density at radius 1 is 1.03 bits per heavy atom. The average Bonchev–Trinajstić information content (AvgIpc) is 3.32. The monoisotopic (exact) mass is 459 g/mol. The van der Waals surface area contributed by atoms with E-state index in [9.17, 15) is 4.79 Å². The van der Waals surface area contributed by atoms with Crippen LogP contribution in [-0.2, 0) is 4.79 Å². The van der Waals surface area contributed by atoms with Gasteiger partial charge < -0.3 is 35.1 Å². The number of carbonyl (C=O) groups is 1. The standard InChI is InChI=1S/C22H25N3O6S/c1-28-17-6-5-12(7-16(17)24-22(27)15(23)10-26)14-11-32-25-20(14)13-8-18(29-2)21(31-4)19(9-13)30-3/h5-9,11,15,26H,10,23H2,1-4H3,(H,24,27). The summed E-state index contributed by atoms with van der Waals surface area (Å²) in [4.78, 5) is 12.2. The number of methoxy groups -OCH3 is 4. The highest BCUT2D eigenvalue weighted by Crippen LogP contribution is 2.44. The van der Waals surface area contributed by atoms with Gasteiger partial charge in [-0.3, -0.25) is 4.79 Å². The summed E-state index contributed by atoms with van der Waals surface area (Å²) in [6.45, 7) is -0.465. The van der Waals surface area contributed by atoms with Gasteiger partial charge in [-0.05, 0) is 41.4 Å². The SMILES string of the molecule is COc1ccc(-c2csnc2-c2cc(OC)c(OC)c(OC)c2)cc1NC(=O)C(N)CO. The van der Waals surface area contributed by atoms with Crippen molar-refractivity contribution in [3.63, 3.8) is 0 Å². The predicted octanol–water partition coefficient (Wildman–Crippen LogP) is 2.77. The van der Waals surface area contributed by atoms with Crippen molar-refractivity contribution in [1.82, 2.24) is 4.37 Å². The van der Waals surface area contributed by atoms with Crippen molar-refractivity contribution in [2.45, 2.75) is 6.04 Å². The van der Waals surface area contributed by atoms with Crippen molar-refractivity contribution in [2.75, 3.05) is 40.4 Å². The molecule has 1 amide bonds. The van der Waals surface area contributed by atoms with Crippen LogP contribution in [0.2, 0.25) is 0 Å². The van der Waals surface area contributed by atoms with Crippen LogP contribution in [0.4, 0.5) is 5.69 Å². The fourth-order valence-corrected chi connectivity index (χ4v) is 3.86. The Labute approximate surface area is 189 Å². The zero-order chi connectivity index (χ0) is 23.3. The third-order valence-electron chi connectivity index (χ3n) is 4.81. The maximum Gasteiger partial charge on any atom is 0.243 e. The largest absolute Gasteiger partial charge is 0.495 e. The summed E-state index contributed by atoms with van der Waals surface area (Å²) in [6.07, 6.45) is 0. The van der Waals surface area contributed by atoms with Crippen molar-refractivity contribution in [2.24, 2.45) is 5.73 Å². The van der Waals surface area contributed by atoms with Gasteiger partial charge in [0, 0.05) is 16.5 Å². The summed E-state index contributed by atoms with van der Waals surface area (Å²) < 4.78 is 26.2. The number of aliphatic hydroxyl groups is 1. The van der Waals surface area contributed by atoms with Gasteiger partial charge in [0.1, 0.15) is 11.8 Å². The molecule has 9 nitrogen and oxygen atoms in total. The van der Waals surface area contributed by atoms with E-state index in [4.69, 9.17) is 29.8 Å². The molecule has 0 saturated carbocycles. The van der Waals surface area contributed by atoms with Crippen LogP contribution in [0.5, 0.6) is 23.0 Å². The van der Waals surface area contributed by atoms with Gasteiger partial charge in [0.15, 0.2) is 11.5 Å². The van der Waals surface area contributed by atoms with E-state index < -0.39 is 18.6 Å². The van der Waals surface area contributed by atoms with Gasteiger partial charge in [0.05, 0.1) is 46.4 Å². The van der Waals surface area contributed by atoms with Crippen LogP contribution in [0.3, 0.4) is 0 Å². The van der Waals surface area contributed by atoms with Crippen molar-refractivity contribution < 1.29 is 28.8 Å². The van der Waals surface area contributed by atoms with Gasteiger partial charge in [-0.1, -0.05) is 6.07 Å². The number of benzene rings is 2. The fraction of sp³-hybridized carbons (Fsp3) is 0.273. The first-order valence-corrected chi connectivity index (χ1v) is 10.4. The van der Waals surface area contributed by atoms with E-state index in [0.29, 0.717) is 34.4 Å². The molecule has 1 unspecified atom stereocenters. The molecular formula is C22H25N3O6S. The van der Waals surface area contributed by atoms with E-state index in [1.807, 2.05) is 23.6 Å². The van der Waals surface area contributed by atoms with Gasteiger partial charge in [-0.2, -0.15) is 4.37 Å². The first-order chi connectivity index (χ1) is 15.5. The number of hydrogen-bond acceptors (Lipinski definition) is 9. The third kappa shape index (κ3) is 4.62. The molecule has 0 aliphatic heterocycles. The Morgan fingerprint density at radius 2 is 1.69 bits per heavy atom. The highest BCUT2D eigenvalue weighted by Gasteiger charge is 2.20. The van der Waals surface area contributed by atoms with Crippen LogP contribution >= 0.6 is 11.5 Å². The Morgan fingerprint density at radius 3 is 2.25 bits per heavy atom. The lowest BCUT2D eigenvalue weighted by atomic mass is 10.0. The van der Waals surface area contributed by atoms with Crippen molar-refractivity contribution in [1.29, 1.82) is 0 Å². The van der Waals surface area contributed by atoms with Gasteiger partial charge in [-0.25, -0.2) is 0 Å². The summed E-state index contributed by atoms with van der Waals surface area (Å²) in [5.74, 6) is 1.47. The molecular weight excluding hydrogens is 434 g/mol. The maximum atomic E-state index is 12.2. The minimum absolute atomic E-state index is 0.431. The number of nitrogens with one attached hydrogen (secondary N) is 1. The normalized spacial score (nSPS) is 11.6. The molecule has 10 heteroatoms. The molecule has 0 fully saturated rings. The molecule has 0 radical (unpaired) electrons. The first kappa shape index (κ1) is 23.3. The number of anilines is 1. The average molecular weight is 460 g/mol. The topological polar surface area (TPSA) is 125 Å². The van der Waals surface area contributed by atoms with Crippen LogP contribution in [-0.4, -0.2) is 56.5 Å². The van der Waals surface area contributed by atoms with E-state index in [0.717, 1.165) is 16.7 Å². The van der Waals surface area contributed by atoms with E-state index in [1.165, 1.54) is 18.6 Å². The van der Waals surface area contributed by atoms with E-state index in [-0.39, 0.29) is 0 Å². The van der Waals surface area contributed by atoms with Crippen molar-refractivity contribution in [3.05, 3.63) is 35.7 Å². The van der Waals surface area contributed by atoms with Crippen LogP contribution in [0.25, 0.3) is 22.4 Å². The molecule has 1 heterocycles. The molecule has 170 valence electrons. The lowest BCUT2D eigenvalue weighted by Gasteiger charge is -2.15. The predicted molar refractivity (Wildman–Crippen MR) is 123 cm³/mol. The number of rotatable bonds is 9. The zero-order valence-corrected chi connectivity index (χ0v) is 19.0. The number of amides is 1. The van der Waals surface area contributed by atoms with Crippen LogP contribution in [0, 0.1) is 0 Å². The Kier molecular flexibility index (Phi) is 7.52. The molecule has 1 aromatic heterocycles. The smallest absolute Gasteiger partial charge is 0.243 e. The molecule has 0 aliphatic rings. The minimum atomic E-state index is -1.04. The molecule has 0 saturated heterocycles. The summed E-state index contributed by atoms with van der Waals surface area (Å²) in [7, 11) is 6.16. The van der Waals surface area contributed by atoms with Gasteiger partial charge in [-0.15, -0.1) is 0 Å². The van der Waals surface area contributed by atoms with Crippen LogP contribution < -0.4 is 30.0 Å². The summed E-state index contributed by atoms with van der Waals surface area (Å²) in [6, 6.07) is 7.99. The number of ether oxygens (including phenoxy) is 4. The van der Waals surface area contributed by atoms with Gasteiger partial charge in [0.25, 0.3) is 0 Å². The summed E-state index contributed by atoms with van der Waals surface area (Å²) >= 11 is 1.30. The van der Waals surface area contributed by atoms with E-state index >= 15 is 0 Å². The third-order valence-corrected chi connectivity index (χ3v) is 5.44. The molecule has 0 spiro atoms. The summed E-state index contributed by atoms with van der Waals surface area (Å²) in [5.41, 5.74) is 9.19. The van der Waals surface area contributed by atoms with E-state index in [2.05, 4.69) is 9.69 Å². The number of nitrogens with zero attached hydrogens (tertiary/aromatic N) is 1. The van der Waals surface area contributed by atoms with E-state index in [1.54, 1.807) is 33.5 Å². The fourth-order valence-electron chi connectivity index (χ4n) is 3.15. The lowest BCUT2D eigenvalue weighted by Crippen LogP contribution is -2.38. The second-order valence-electron chi connectivity index (χ2n) is 6.68. The molecule has 0 aliphatic carbocycles. The number of aromatic nitrogens is 1. The molecule has 4 N–H and O–H groups in total. The maximum absolute atomic E-state index is 12.2. The number of aliphatic hydroxyl groups excluding tert-OH is 1. The quantitative estimate of drug-likeness (QED) is 0.446. The van der Waals surface area contributed by atoms with Crippen LogP contribution in [0.15, 0.2) is 35.7 Å². The zero-order valence-electron chi connectivity index (χ0n) is 18.2. The molecule has 1 atom stereocenters. The van der Waals surface area contributed by atoms with Gasteiger partial charge in [0.2, 0.25) is 11.7 Å². The number of hydrogen-bond donors (Lipinski definition) is 3. The second-order valence-corrected chi connectivity index (χ2v) is 7.31. The molecule has 32 heavy (non-hydrogen) atoms. The Bertz CT molecular complexity index is 1080.